The summed E-state index contributed by atoms with van der Waals surface area (Å²) in [6.07, 6.45) is 6.44. The van der Waals surface area contributed by atoms with Gasteiger partial charge in [-0.05, 0) is 44.1 Å². The van der Waals surface area contributed by atoms with Crippen molar-refractivity contribution in [3.8, 4) is 0 Å². The van der Waals surface area contributed by atoms with E-state index in [1.165, 1.54) is 19.3 Å². The summed E-state index contributed by atoms with van der Waals surface area (Å²) in [5, 5.41) is 3.51. The molecule has 3 rings (SSSR count). The standard InChI is InChI=1S/C12H19NO/c1-13-12(8-4-2-3-5-8)11-9-6-14-7-10(9)11/h4,9-13H,2-3,5-7H2,1H3. The minimum atomic E-state index is 0.663. The minimum absolute atomic E-state index is 0.663. The van der Waals surface area contributed by atoms with Gasteiger partial charge in [-0.2, -0.15) is 0 Å². The van der Waals surface area contributed by atoms with E-state index in [0.717, 1.165) is 31.0 Å². The van der Waals surface area contributed by atoms with Crippen LogP contribution in [-0.4, -0.2) is 26.3 Å². The Morgan fingerprint density at radius 3 is 2.79 bits per heavy atom. The molecule has 0 spiro atoms. The second kappa shape index (κ2) is 3.35. The van der Waals surface area contributed by atoms with Crippen molar-refractivity contribution in [2.75, 3.05) is 20.3 Å². The van der Waals surface area contributed by atoms with Crippen LogP contribution in [0.4, 0.5) is 0 Å². The Morgan fingerprint density at radius 1 is 1.43 bits per heavy atom. The molecule has 3 unspecified atom stereocenters. The van der Waals surface area contributed by atoms with E-state index in [2.05, 4.69) is 18.4 Å². The van der Waals surface area contributed by atoms with Crippen LogP contribution in [-0.2, 0) is 4.74 Å². The number of fused-ring (bicyclic) bond motifs is 1. The topological polar surface area (TPSA) is 21.3 Å². The van der Waals surface area contributed by atoms with Crippen molar-refractivity contribution < 1.29 is 4.74 Å². The van der Waals surface area contributed by atoms with Gasteiger partial charge in [0.2, 0.25) is 0 Å². The van der Waals surface area contributed by atoms with Crippen molar-refractivity contribution >= 4 is 0 Å². The largest absolute Gasteiger partial charge is 0.381 e. The van der Waals surface area contributed by atoms with E-state index in [0.29, 0.717) is 6.04 Å². The first-order chi connectivity index (χ1) is 6.92. The molecule has 0 aromatic rings. The Balaban J connectivity index is 1.70. The molecule has 2 heteroatoms. The number of rotatable bonds is 3. The van der Waals surface area contributed by atoms with Gasteiger partial charge in [-0.15, -0.1) is 0 Å². The van der Waals surface area contributed by atoms with Crippen LogP contribution < -0.4 is 5.32 Å². The third-order valence-corrected chi connectivity index (χ3v) is 4.19. The molecule has 1 saturated heterocycles. The van der Waals surface area contributed by atoms with Crippen LogP contribution >= 0.6 is 0 Å². The summed E-state index contributed by atoms with van der Waals surface area (Å²) in [5.41, 5.74) is 1.67. The highest BCUT2D eigenvalue weighted by atomic mass is 16.5. The van der Waals surface area contributed by atoms with Gasteiger partial charge in [0.05, 0.1) is 13.2 Å². The highest BCUT2D eigenvalue weighted by molar-refractivity contribution is 5.22. The van der Waals surface area contributed by atoms with Crippen LogP contribution in [0.5, 0.6) is 0 Å². The van der Waals surface area contributed by atoms with E-state index in [-0.39, 0.29) is 0 Å². The lowest BCUT2D eigenvalue weighted by atomic mass is 9.99. The Morgan fingerprint density at radius 2 is 2.21 bits per heavy atom. The van der Waals surface area contributed by atoms with Crippen LogP contribution in [0, 0.1) is 17.8 Å². The number of ether oxygens (including phenoxy) is 1. The third-order valence-electron chi connectivity index (χ3n) is 4.19. The Bertz CT molecular complexity index is 251. The lowest BCUT2D eigenvalue weighted by Crippen LogP contribution is -2.31. The average molecular weight is 193 g/mol. The molecule has 3 aliphatic rings. The second-order valence-corrected chi connectivity index (χ2v) is 4.88. The van der Waals surface area contributed by atoms with Crippen molar-refractivity contribution in [2.24, 2.45) is 17.8 Å². The molecular formula is C12H19NO. The molecule has 1 saturated carbocycles. The summed E-state index contributed by atoms with van der Waals surface area (Å²) in [4.78, 5) is 0. The molecule has 0 amide bonds. The number of hydrogen-bond acceptors (Lipinski definition) is 2. The van der Waals surface area contributed by atoms with Gasteiger partial charge in [0.25, 0.3) is 0 Å². The van der Waals surface area contributed by atoms with Gasteiger partial charge in [0.15, 0.2) is 0 Å². The summed E-state index contributed by atoms with van der Waals surface area (Å²) in [7, 11) is 2.11. The molecule has 14 heavy (non-hydrogen) atoms. The number of hydrogen-bond donors (Lipinski definition) is 1. The fourth-order valence-corrected chi connectivity index (χ4v) is 3.38. The zero-order valence-electron chi connectivity index (χ0n) is 8.83. The predicted octanol–water partition coefficient (Wildman–Crippen LogP) is 1.58. The molecule has 78 valence electrons. The molecule has 2 nitrogen and oxygen atoms in total. The quantitative estimate of drug-likeness (QED) is 0.687. The predicted molar refractivity (Wildman–Crippen MR) is 56.1 cm³/mol. The maximum atomic E-state index is 5.45. The zero-order valence-corrected chi connectivity index (χ0v) is 8.83. The van der Waals surface area contributed by atoms with E-state index in [1.807, 2.05) is 0 Å². The van der Waals surface area contributed by atoms with Crippen LogP contribution in [0.1, 0.15) is 19.3 Å². The van der Waals surface area contributed by atoms with Crippen LogP contribution in [0.2, 0.25) is 0 Å². The average Bonchev–Trinajstić information content (AvgIpc) is 2.67. The van der Waals surface area contributed by atoms with Crippen molar-refractivity contribution in [3.05, 3.63) is 11.6 Å². The second-order valence-electron chi connectivity index (χ2n) is 4.88. The van der Waals surface area contributed by atoms with Gasteiger partial charge in [0, 0.05) is 6.04 Å². The first-order valence-corrected chi connectivity index (χ1v) is 5.86. The van der Waals surface area contributed by atoms with Crippen molar-refractivity contribution in [1.82, 2.24) is 5.32 Å². The smallest absolute Gasteiger partial charge is 0.0501 e. The highest BCUT2D eigenvalue weighted by Crippen LogP contribution is 2.54. The lowest BCUT2D eigenvalue weighted by molar-refractivity contribution is 0.146. The maximum absolute atomic E-state index is 5.45. The number of nitrogens with one attached hydrogen (secondary N) is 1. The summed E-state index contributed by atoms with van der Waals surface area (Å²) in [5.74, 6) is 2.63. The van der Waals surface area contributed by atoms with Gasteiger partial charge in [0.1, 0.15) is 0 Å². The Hall–Kier alpha value is -0.340. The van der Waals surface area contributed by atoms with Gasteiger partial charge < -0.3 is 10.1 Å². The summed E-state index contributed by atoms with van der Waals surface area (Å²) < 4.78 is 5.45. The van der Waals surface area contributed by atoms with Crippen LogP contribution in [0.3, 0.4) is 0 Å². The third kappa shape index (κ3) is 1.24. The highest BCUT2D eigenvalue weighted by Gasteiger charge is 2.57. The molecule has 0 radical (unpaired) electrons. The molecule has 0 aromatic carbocycles. The molecule has 2 aliphatic carbocycles. The van der Waals surface area contributed by atoms with Crippen molar-refractivity contribution in [2.45, 2.75) is 25.3 Å². The Labute approximate surface area is 85.7 Å². The molecule has 1 N–H and O–H groups in total. The first-order valence-electron chi connectivity index (χ1n) is 5.86. The molecule has 0 bridgehead atoms. The van der Waals surface area contributed by atoms with E-state index < -0.39 is 0 Å². The number of allylic oxidation sites excluding steroid dienone is 1. The monoisotopic (exact) mass is 193 g/mol. The van der Waals surface area contributed by atoms with Gasteiger partial charge in [-0.3, -0.25) is 0 Å². The lowest BCUT2D eigenvalue weighted by Gasteiger charge is -2.19. The fourth-order valence-electron chi connectivity index (χ4n) is 3.38. The van der Waals surface area contributed by atoms with Gasteiger partial charge in [-0.1, -0.05) is 11.6 Å². The van der Waals surface area contributed by atoms with Crippen molar-refractivity contribution in [3.63, 3.8) is 0 Å². The maximum Gasteiger partial charge on any atom is 0.0501 e. The minimum Gasteiger partial charge on any atom is -0.381 e. The molecule has 1 heterocycles. The SMILES string of the molecule is CNC(C1=CCCC1)C1C2COCC21. The normalized spacial score (nSPS) is 42.1. The first kappa shape index (κ1) is 8.93. The molecule has 2 fully saturated rings. The van der Waals surface area contributed by atoms with Crippen molar-refractivity contribution in [1.29, 1.82) is 0 Å². The molecule has 0 aromatic heterocycles. The molecular weight excluding hydrogens is 174 g/mol. The van der Waals surface area contributed by atoms with Crippen LogP contribution in [0.25, 0.3) is 0 Å². The number of likely N-dealkylation sites (N-methyl/N-ethyl adjacent to an activating group) is 1. The Kier molecular flexibility index (Phi) is 2.14. The van der Waals surface area contributed by atoms with E-state index in [1.54, 1.807) is 5.57 Å². The summed E-state index contributed by atoms with van der Waals surface area (Å²) in [6, 6.07) is 0.663. The zero-order chi connectivity index (χ0) is 9.54. The van der Waals surface area contributed by atoms with Gasteiger partial charge >= 0.3 is 0 Å². The van der Waals surface area contributed by atoms with E-state index in [4.69, 9.17) is 4.74 Å². The fraction of sp³-hybridized carbons (Fsp3) is 0.833. The summed E-state index contributed by atoms with van der Waals surface area (Å²) >= 11 is 0. The van der Waals surface area contributed by atoms with Crippen LogP contribution in [0.15, 0.2) is 11.6 Å². The molecule has 1 aliphatic heterocycles. The summed E-state index contributed by atoms with van der Waals surface area (Å²) in [6.45, 7) is 2.03. The molecule has 3 atom stereocenters. The van der Waals surface area contributed by atoms with E-state index >= 15 is 0 Å². The van der Waals surface area contributed by atoms with E-state index in [9.17, 15) is 0 Å². The van der Waals surface area contributed by atoms with Gasteiger partial charge in [-0.25, -0.2) is 0 Å².